The number of methoxy groups -OCH3 is 1. The molecule has 1 aliphatic heterocycles. The Labute approximate surface area is 260 Å². The summed E-state index contributed by atoms with van der Waals surface area (Å²) in [6.45, 7) is 2.00. The van der Waals surface area contributed by atoms with Crippen LogP contribution in [0.4, 0.5) is 4.39 Å². The third kappa shape index (κ3) is 5.45. The molecule has 2 N–H and O–H groups in total. The molecule has 6 rings (SSSR count). The Bertz CT molecular complexity index is 1990. The van der Waals surface area contributed by atoms with Crippen LogP contribution in [0.5, 0.6) is 23.0 Å². The lowest BCUT2D eigenvalue weighted by Gasteiger charge is -2.27. The summed E-state index contributed by atoms with van der Waals surface area (Å²) in [7, 11) is 1.51. The van der Waals surface area contributed by atoms with Crippen molar-refractivity contribution >= 4 is 32.9 Å². The smallest absolute Gasteiger partial charge is 0.379 e. The minimum atomic E-state index is -0.663. The largest absolute Gasteiger partial charge is 0.493 e. The minimum Gasteiger partial charge on any atom is -0.493 e. The SMILES string of the molecule is COc1cc(C2C(C#N)=C(N)Oc3cc(OC(=O)c4oc5ccc(Br)cc5c4C)ccc32)ccc1OCc1ccc(F)cc1. The number of hydrogen-bond donors (Lipinski definition) is 1. The first kappa shape index (κ1) is 28.8. The number of halogens is 2. The predicted molar refractivity (Wildman–Crippen MR) is 163 cm³/mol. The second-order valence-corrected chi connectivity index (χ2v) is 11.0. The minimum absolute atomic E-state index is 0.0669. The average molecular weight is 655 g/mol. The zero-order chi connectivity index (χ0) is 31.0. The highest BCUT2D eigenvalue weighted by atomic mass is 79.9. The van der Waals surface area contributed by atoms with Gasteiger partial charge in [-0.25, -0.2) is 9.18 Å². The molecule has 220 valence electrons. The van der Waals surface area contributed by atoms with E-state index in [1.54, 1.807) is 55.5 Å². The maximum Gasteiger partial charge on any atom is 0.379 e. The number of benzene rings is 4. The molecule has 0 spiro atoms. The number of fused-ring (bicyclic) bond motifs is 2. The maximum absolute atomic E-state index is 13.3. The maximum atomic E-state index is 13.3. The van der Waals surface area contributed by atoms with Gasteiger partial charge in [0.25, 0.3) is 0 Å². The van der Waals surface area contributed by atoms with Crippen molar-refractivity contribution in [2.24, 2.45) is 5.73 Å². The van der Waals surface area contributed by atoms with Crippen molar-refractivity contribution in [3.63, 3.8) is 0 Å². The van der Waals surface area contributed by atoms with Crippen molar-refractivity contribution in [2.45, 2.75) is 19.4 Å². The molecule has 4 aromatic carbocycles. The van der Waals surface area contributed by atoms with Crippen molar-refractivity contribution < 1.29 is 32.5 Å². The van der Waals surface area contributed by atoms with Crippen LogP contribution in [0.2, 0.25) is 0 Å². The number of esters is 1. The van der Waals surface area contributed by atoms with E-state index >= 15 is 0 Å². The Morgan fingerprint density at radius 2 is 1.84 bits per heavy atom. The van der Waals surface area contributed by atoms with Gasteiger partial charge < -0.3 is 29.1 Å². The van der Waals surface area contributed by atoms with Crippen LogP contribution in [-0.2, 0) is 6.61 Å². The van der Waals surface area contributed by atoms with Gasteiger partial charge in [0.15, 0.2) is 11.5 Å². The number of carbonyl (C=O) groups excluding carboxylic acids is 1. The predicted octanol–water partition coefficient (Wildman–Crippen LogP) is 7.67. The molecular weight excluding hydrogens is 631 g/mol. The summed E-state index contributed by atoms with van der Waals surface area (Å²) < 4.78 is 42.9. The summed E-state index contributed by atoms with van der Waals surface area (Å²) in [5.74, 6) is -0.104. The van der Waals surface area contributed by atoms with Crippen LogP contribution in [-0.4, -0.2) is 13.1 Å². The molecule has 0 saturated carbocycles. The molecule has 0 radical (unpaired) electrons. The number of nitrogens with two attached hydrogens (primary N) is 1. The molecule has 0 amide bonds. The molecule has 44 heavy (non-hydrogen) atoms. The summed E-state index contributed by atoms with van der Waals surface area (Å²) in [6.07, 6.45) is 0. The van der Waals surface area contributed by atoms with Gasteiger partial charge in [0.2, 0.25) is 11.6 Å². The Balaban J connectivity index is 1.28. The number of carbonyl (C=O) groups is 1. The zero-order valence-corrected chi connectivity index (χ0v) is 25.1. The van der Waals surface area contributed by atoms with Gasteiger partial charge in [0.1, 0.15) is 41.1 Å². The molecule has 0 bridgehead atoms. The highest BCUT2D eigenvalue weighted by Gasteiger charge is 2.32. The monoisotopic (exact) mass is 654 g/mol. The number of aryl methyl sites for hydroxylation is 1. The van der Waals surface area contributed by atoms with Crippen LogP contribution in [0.3, 0.4) is 0 Å². The van der Waals surface area contributed by atoms with Gasteiger partial charge in [-0.1, -0.05) is 40.2 Å². The van der Waals surface area contributed by atoms with Crippen LogP contribution in [0.15, 0.2) is 99.2 Å². The lowest BCUT2D eigenvalue weighted by molar-refractivity contribution is 0.0702. The fourth-order valence-electron chi connectivity index (χ4n) is 5.11. The van der Waals surface area contributed by atoms with Crippen LogP contribution in [0, 0.1) is 24.1 Å². The fraction of sp³-hybridized carbons (Fsp3) is 0.118. The van der Waals surface area contributed by atoms with E-state index in [-0.39, 0.29) is 35.4 Å². The van der Waals surface area contributed by atoms with Crippen LogP contribution in [0.1, 0.15) is 38.7 Å². The molecule has 8 nitrogen and oxygen atoms in total. The first-order chi connectivity index (χ1) is 21.2. The van der Waals surface area contributed by atoms with Crippen molar-refractivity contribution in [3.8, 4) is 29.1 Å². The van der Waals surface area contributed by atoms with E-state index in [0.717, 1.165) is 15.4 Å². The van der Waals surface area contributed by atoms with Crippen molar-refractivity contribution in [3.05, 3.63) is 129 Å². The number of nitriles is 1. The van der Waals surface area contributed by atoms with Gasteiger partial charge in [0.05, 0.1) is 13.0 Å². The second-order valence-electron chi connectivity index (χ2n) is 10.0. The van der Waals surface area contributed by atoms with Crippen molar-refractivity contribution in [1.82, 2.24) is 0 Å². The normalized spacial score (nSPS) is 14.0. The molecule has 1 aliphatic rings. The first-order valence-corrected chi connectivity index (χ1v) is 14.2. The fourth-order valence-corrected chi connectivity index (χ4v) is 5.47. The summed E-state index contributed by atoms with van der Waals surface area (Å²) in [4.78, 5) is 13.1. The van der Waals surface area contributed by atoms with Gasteiger partial charge >= 0.3 is 5.97 Å². The Kier molecular flexibility index (Phi) is 7.72. The number of nitrogens with zero attached hydrogens (tertiary/aromatic N) is 1. The molecule has 5 aromatic rings. The van der Waals surface area contributed by atoms with E-state index in [4.69, 9.17) is 29.1 Å². The van der Waals surface area contributed by atoms with Gasteiger partial charge in [0, 0.05) is 27.1 Å². The highest BCUT2D eigenvalue weighted by Crippen LogP contribution is 2.45. The number of allylic oxidation sites excluding steroid dienone is 1. The highest BCUT2D eigenvalue weighted by molar-refractivity contribution is 9.10. The molecule has 1 unspecified atom stereocenters. The Hall–Kier alpha value is -5.27. The van der Waals surface area contributed by atoms with Crippen molar-refractivity contribution in [2.75, 3.05) is 7.11 Å². The molecule has 10 heteroatoms. The number of furan rings is 1. The Morgan fingerprint density at radius 3 is 2.59 bits per heavy atom. The van der Waals surface area contributed by atoms with Crippen LogP contribution < -0.4 is 24.7 Å². The lowest BCUT2D eigenvalue weighted by atomic mass is 9.83. The summed E-state index contributed by atoms with van der Waals surface area (Å²) >= 11 is 3.44. The van der Waals surface area contributed by atoms with Gasteiger partial charge in [-0.2, -0.15) is 5.26 Å². The van der Waals surface area contributed by atoms with E-state index < -0.39 is 11.9 Å². The van der Waals surface area contributed by atoms with E-state index in [0.29, 0.717) is 39.5 Å². The van der Waals surface area contributed by atoms with E-state index in [2.05, 4.69) is 22.0 Å². The van der Waals surface area contributed by atoms with Gasteiger partial charge in [-0.15, -0.1) is 0 Å². The number of hydrogen-bond acceptors (Lipinski definition) is 8. The molecular formula is C34H24BrFN2O6. The third-order valence-electron chi connectivity index (χ3n) is 7.31. The topological polar surface area (TPSA) is 117 Å². The van der Waals surface area contributed by atoms with E-state index in [1.807, 2.05) is 18.2 Å². The van der Waals surface area contributed by atoms with Crippen LogP contribution >= 0.6 is 15.9 Å². The molecule has 0 saturated heterocycles. The van der Waals surface area contributed by atoms with Gasteiger partial charge in [-0.3, -0.25) is 0 Å². The molecule has 0 fully saturated rings. The Morgan fingerprint density at radius 1 is 1.05 bits per heavy atom. The molecule has 1 aromatic heterocycles. The number of rotatable bonds is 7. The summed E-state index contributed by atoms with van der Waals surface area (Å²) in [6, 6.07) is 23.9. The zero-order valence-electron chi connectivity index (χ0n) is 23.5. The second kappa shape index (κ2) is 11.8. The van der Waals surface area contributed by atoms with Gasteiger partial charge in [-0.05, 0) is 66.6 Å². The standard InChI is InChI=1S/C34H24BrFN2O6/c1-18-25-14-21(35)6-12-27(25)43-32(18)34(39)42-23-9-10-24-29(15-23)44-33(38)26(16-37)31(24)20-5-11-28(30(13-20)40-2)41-17-19-3-7-22(36)8-4-19/h3-15,31H,17,38H2,1-2H3. The molecule has 2 heterocycles. The van der Waals surface area contributed by atoms with Crippen LogP contribution in [0.25, 0.3) is 11.0 Å². The number of ether oxygens (including phenoxy) is 4. The molecule has 1 atom stereocenters. The quantitative estimate of drug-likeness (QED) is 0.140. The summed E-state index contributed by atoms with van der Waals surface area (Å²) in [5, 5.41) is 10.8. The average Bonchev–Trinajstić information content (AvgIpc) is 3.35. The third-order valence-corrected chi connectivity index (χ3v) is 7.81. The van der Waals surface area contributed by atoms with E-state index in [1.165, 1.54) is 19.2 Å². The van der Waals surface area contributed by atoms with E-state index in [9.17, 15) is 14.4 Å². The molecule has 0 aliphatic carbocycles. The first-order valence-electron chi connectivity index (χ1n) is 13.4. The summed E-state index contributed by atoms with van der Waals surface area (Å²) in [5.41, 5.74) is 9.77. The van der Waals surface area contributed by atoms with Crippen molar-refractivity contribution in [1.29, 1.82) is 5.26 Å². The lowest BCUT2D eigenvalue weighted by Crippen LogP contribution is -2.21.